The maximum atomic E-state index is 13.1. The first kappa shape index (κ1) is 34.1. The molecule has 0 unspecified atom stereocenters. The van der Waals surface area contributed by atoms with Crippen LogP contribution in [0.4, 0.5) is 23.3 Å². The van der Waals surface area contributed by atoms with E-state index in [1.54, 1.807) is 6.20 Å². The van der Waals surface area contributed by atoms with Crippen LogP contribution in [0.3, 0.4) is 0 Å². The molecule has 5 heterocycles. The van der Waals surface area contributed by atoms with Crippen LogP contribution in [-0.2, 0) is 14.6 Å². The van der Waals surface area contributed by atoms with E-state index in [1.807, 2.05) is 44.0 Å². The fraction of sp³-hybridized carbons (Fsp3) is 0.556. The van der Waals surface area contributed by atoms with Crippen molar-refractivity contribution in [2.45, 2.75) is 88.7 Å². The van der Waals surface area contributed by atoms with Crippen molar-refractivity contribution >= 4 is 49.8 Å². The van der Waals surface area contributed by atoms with E-state index in [9.17, 15) is 18.3 Å². The second-order valence-corrected chi connectivity index (χ2v) is 17.2. The number of hydrogen-bond donors (Lipinski definition) is 2. The Morgan fingerprint density at radius 1 is 1.08 bits per heavy atom. The number of aromatic nitrogens is 3. The van der Waals surface area contributed by atoms with Crippen LogP contribution in [0.1, 0.15) is 77.8 Å². The van der Waals surface area contributed by atoms with Gasteiger partial charge in [0.15, 0.2) is 9.84 Å². The molecule has 1 amide bonds. The molecule has 1 aromatic carbocycles. The summed E-state index contributed by atoms with van der Waals surface area (Å²) in [5.74, 6) is 1.75. The Kier molecular flexibility index (Phi) is 9.18. The number of amides is 1. The van der Waals surface area contributed by atoms with Crippen molar-refractivity contribution in [1.82, 2.24) is 19.9 Å². The third-order valence-electron chi connectivity index (χ3n) is 11.1. The van der Waals surface area contributed by atoms with Crippen molar-refractivity contribution in [3.8, 4) is 0 Å². The number of likely N-dealkylation sites (tertiary alicyclic amines) is 1. The van der Waals surface area contributed by atoms with Crippen LogP contribution < -0.4 is 15.1 Å². The van der Waals surface area contributed by atoms with Gasteiger partial charge in [-0.2, -0.15) is 4.98 Å². The second-order valence-electron chi connectivity index (χ2n) is 14.6. The van der Waals surface area contributed by atoms with Crippen molar-refractivity contribution < 1.29 is 18.3 Å². The number of nitrogens with zero attached hydrogens (tertiary/aromatic N) is 6. The third kappa shape index (κ3) is 6.48. The van der Waals surface area contributed by atoms with Crippen LogP contribution in [0.15, 0.2) is 49.3 Å². The van der Waals surface area contributed by atoms with E-state index >= 15 is 0 Å². The van der Waals surface area contributed by atoms with Gasteiger partial charge in [0.1, 0.15) is 11.6 Å². The average molecular weight is 676 g/mol. The minimum absolute atomic E-state index is 0.0104. The van der Waals surface area contributed by atoms with E-state index in [0.717, 1.165) is 47.7 Å². The fourth-order valence-electron chi connectivity index (χ4n) is 7.56. The summed E-state index contributed by atoms with van der Waals surface area (Å²) in [6.45, 7) is 14.0. The summed E-state index contributed by atoms with van der Waals surface area (Å²) in [5.41, 5.74) is 1.39. The number of carbonyl (C=O) groups is 1. The molecule has 3 atom stereocenters. The Morgan fingerprint density at radius 3 is 2.52 bits per heavy atom. The molecule has 0 aliphatic carbocycles. The molecule has 6 rings (SSSR count). The van der Waals surface area contributed by atoms with Crippen LogP contribution in [0.25, 0.3) is 10.8 Å². The molecule has 0 spiro atoms. The molecule has 3 fully saturated rings. The van der Waals surface area contributed by atoms with Crippen molar-refractivity contribution in [3.63, 3.8) is 0 Å². The van der Waals surface area contributed by atoms with Gasteiger partial charge in [-0.3, -0.25) is 4.79 Å². The van der Waals surface area contributed by atoms with Crippen molar-refractivity contribution in [1.29, 1.82) is 0 Å². The molecule has 2 aromatic heterocycles. The number of piperidine rings is 1. The molecule has 2 N–H and O–H groups in total. The van der Waals surface area contributed by atoms with Crippen LogP contribution >= 0.6 is 0 Å². The van der Waals surface area contributed by atoms with Crippen LogP contribution in [-0.4, -0.2) is 88.1 Å². The number of carbonyl (C=O) groups excluding carboxylic acids is 1. The molecule has 3 aliphatic heterocycles. The molecule has 0 saturated carbocycles. The number of anilines is 4. The van der Waals surface area contributed by atoms with Gasteiger partial charge in [0.2, 0.25) is 11.9 Å². The van der Waals surface area contributed by atoms with E-state index in [2.05, 4.69) is 45.7 Å². The summed E-state index contributed by atoms with van der Waals surface area (Å²) in [4.78, 5) is 33.5. The van der Waals surface area contributed by atoms with Gasteiger partial charge in [-0.15, -0.1) is 0 Å². The predicted octanol–water partition coefficient (Wildman–Crippen LogP) is 5.40. The maximum absolute atomic E-state index is 13.1. The Bertz CT molecular complexity index is 1800. The Hall–Kier alpha value is -3.77. The summed E-state index contributed by atoms with van der Waals surface area (Å²) in [6.07, 6.45) is 11.5. The largest absolute Gasteiger partial charge is 0.390 e. The van der Waals surface area contributed by atoms with Crippen LogP contribution in [0.5, 0.6) is 0 Å². The van der Waals surface area contributed by atoms with E-state index in [4.69, 9.17) is 9.97 Å². The Balaban J connectivity index is 1.37. The SMILES string of the molecule is C=CC(=O)N1CCCCC[C@H]1c1ccc(N2C[C@H](C(C)(C)S(C)(=O)=O)[C@H]2C)c2cnc(Nc3ccnc(N4CCC(C)(O)CC4)n3)cc12. The van der Waals surface area contributed by atoms with Crippen molar-refractivity contribution in [3.05, 3.63) is 54.9 Å². The lowest BCUT2D eigenvalue weighted by Gasteiger charge is -2.54. The van der Waals surface area contributed by atoms with Crippen molar-refractivity contribution in [2.75, 3.05) is 47.6 Å². The zero-order chi connectivity index (χ0) is 34.4. The minimum Gasteiger partial charge on any atom is -0.390 e. The number of sulfone groups is 1. The van der Waals surface area contributed by atoms with Gasteiger partial charge in [0.25, 0.3) is 0 Å². The standard InChI is InChI=1S/C36H49N7O4S/c1-7-33(44)42-18-10-8-9-11-29(42)25-12-13-30(43-23-28(24(43)2)35(3,4)48(6,46)47)27-22-38-32(21-26(25)27)39-31-14-17-37-34(40-31)41-19-15-36(5,45)16-20-41/h7,12-14,17,21-22,24,28-29,45H,1,8-11,15-16,18-20,23H2,2-6H3,(H,37,38,39,40)/t24-,28+,29+/m1/s1. The predicted molar refractivity (Wildman–Crippen MR) is 191 cm³/mol. The zero-order valence-corrected chi connectivity index (χ0v) is 29.6. The summed E-state index contributed by atoms with van der Waals surface area (Å²) in [7, 11) is -3.25. The van der Waals surface area contributed by atoms with Gasteiger partial charge in [0.05, 0.1) is 16.4 Å². The fourth-order valence-corrected chi connectivity index (χ4v) is 8.38. The molecule has 3 aromatic rings. The maximum Gasteiger partial charge on any atom is 0.246 e. The lowest BCUT2D eigenvalue weighted by atomic mass is 9.79. The molecule has 3 aliphatic rings. The van der Waals surface area contributed by atoms with Crippen LogP contribution in [0, 0.1) is 5.92 Å². The van der Waals surface area contributed by atoms with Crippen molar-refractivity contribution in [2.24, 2.45) is 5.92 Å². The Labute approximate surface area is 284 Å². The molecular weight excluding hydrogens is 627 g/mol. The molecule has 48 heavy (non-hydrogen) atoms. The highest BCUT2D eigenvalue weighted by atomic mass is 32.2. The second kappa shape index (κ2) is 12.9. The first-order valence-electron chi connectivity index (χ1n) is 17.1. The first-order valence-corrected chi connectivity index (χ1v) is 19.0. The summed E-state index contributed by atoms with van der Waals surface area (Å²) < 4.78 is 24.5. The summed E-state index contributed by atoms with van der Waals surface area (Å²) >= 11 is 0. The zero-order valence-electron chi connectivity index (χ0n) is 28.8. The molecule has 258 valence electrons. The first-order chi connectivity index (χ1) is 22.7. The molecular formula is C36H49N7O4S. The number of benzene rings is 1. The van der Waals surface area contributed by atoms with Gasteiger partial charge in [0, 0.05) is 67.9 Å². The van der Waals surface area contributed by atoms with Gasteiger partial charge in [-0.1, -0.05) is 25.5 Å². The molecule has 0 bridgehead atoms. The van der Waals surface area contributed by atoms with E-state index in [-0.39, 0.29) is 23.9 Å². The van der Waals surface area contributed by atoms with Gasteiger partial charge >= 0.3 is 0 Å². The van der Waals surface area contributed by atoms with Crippen LogP contribution in [0.2, 0.25) is 0 Å². The van der Waals surface area contributed by atoms with Gasteiger partial charge in [-0.25, -0.2) is 18.4 Å². The number of hydrogen-bond acceptors (Lipinski definition) is 10. The van der Waals surface area contributed by atoms with E-state index in [1.165, 1.54) is 12.3 Å². The minimum atomic E-state index is -3.25. The van der Waals surface area contributed by atoms with Gasteiger partial charge < -0.3 is 25.1 Å². The number of fused-ring (bicyclic) bond motifs is 1. The normalized spacial score (nSPS) is 23.4. The third-order valence-corrected chi connectivity index (χ3v) is 13.3. The average Bonchev–Trinajstić information content (AvgIpc) is 3.29. The summed E-state index contributed by atoms with van der Waals surface area (Å²) in [5, 5.41) is 15.7. The Morgan fingerprint density at radius 2 is 1.83 bits per heavy atom. The summed E-state index contributed by atoms with van der Waals surface area (Å²) in [6, 6.07) is 8.00. The highest BCUT2D eigenvalue weighted by Crippen LogP contribution is 2.45. The van der Waals surface area contributed by atoms with E-state index in [0.29, 0.717) is 56.6 Å². The molecule has 11 nitrogen and oxygen atoms in total. The highest BCUT2D eigenvalue weighted by molar-refractivity contribution is 7.92. The highest BCUT2D eigenvalue weighted by Gasteiger charge is 2.50. The van der Waals surface area contributed by atoms with Gasteiger partial charge in [-0.05, 0) is 88.6 Å². The monoisotopic (exact) mass is 675 g/mol. The number of rotatable bonds is 8. The number of nitrogens with one attached hydrogen (secondary N) is 1. The number of aliphatic hydroxyl groups is 1. The topological polar surface area (TPSA) is 132 Å². The molecule has 0 radical (unpaired) electrons. The smallest absolute Gasteiger partial charge is 0.246 e. The lowest BCUT2D eigenvalue weighted by Crippen LogP contribution is -2.64. The molecule has 12 heteroatoms. The lowest BCUT2D eigenvalue weighted by molar-refractivity contribution is -0.128. The molecule has 3 saturated heterocycles. The van der Waals surface area contributed by atoms with E-state index < -0.39 is 20.2 Å². The quantitative estimate of drug-likeness (QED) is 0.299. The number of pyridine rings is 1.